The zero-order valence-electron chi connectivity index (χ0n) is 18.2. The molecular weight excluding hydrogens is 449 g/mol. The highest BCUT2D eigenvalue weighted by Crippen LogP contribution is 2.67. The molecular formula is C24H23F3N4O3. The molecule has 3 heterocycles. The third kappa shape index (κ3) is 3.51. The highest BCUT2D eigenvalue weighted by atomic mass is 19.4. The summed E-state index contributed by atoms with van der Waals surface area (Å²) in [5.41, 5.74) is 2.52. The number of benzene rings is 1. The third-order valence-electron chi connectivity index (χ3n) is 7.48. The number of rotatable bonds is 4. The molecule has 34 heavy (non-hydrogen) atoms. The summed E-state index contributed by atoms with van der Waals surface area (Å²) in [6.45, 7) is 1.09. The van der Waals surface area contributed by atoms with Crippen molar-refractivity contribution < 1.29 is 27.8 Å². The molecule has 178 valence electrons. The first-order valence-electron chi connectivity index (χ1n) is 11.4. The lowest BCUT2D eigenvalue weighted by Crippen LogP contribution is -2.69. The highest BCUT2D eigenvalue weighted by Gasteiger charge is 2.69. The molecule has 2 N–H and O–H groups in total. The largest absolute Gasteiger partial charge is 0.573 e. The van der Waals surface area contributed by atoms with Crippen LogP contribution in [0.4, 0.5) is 13.2 Å². The van der Waals surface area contributed by atoms with Crippen LogP contribution in [0.1, 0.15) is 59.8 Å². The van der Waals surface area contributed by atoms with E-state index in [0.29, 0.717) is 18.7 Å². The number of H-pyrrole nitrogens is 1. The number of carbonyl (C=O) groups is 1. The average molecular weight is 472 g/mol. The van der Waals surface area contributed by atoms with E-state index in [1.54, 1.807) is 11.1 Å². The molecule has 0 radical (unpaired) electrons. The number of aromatic nitrogens is 3. The van der Waals surface area contributed by atoms with Gasteiger partial charge in [0.05, 0.1) is 5.60 Å². The standard InChI is InChI=1S/C24H23F3N4O3/c25-24(26,27)34-16-3-1-15(2-4-16)20(32)31-9-6-14(7-10-31)17-5-8-28-19-18(17)29-21(30-19)22-11-23(33,12-22)13-22/h1-5,8,14,33H,6-7,9-13H2,(H,28,29,30). The third-order valence-corrected chi connectivity index (χ3v) is 7.48. The molecule has 1 amide bonds. The van der Waals surface area contributed by atoms with E-state index in [0.717, 1.165) is 66.8 Å². The monoisotopic (exact) mass is 472 g/mol. The van der Waals surface area contributed by atoms with Crippen molar-refractivity contribution in [2.75, 3.05) is 13.1 Å². The molecule has 4 fully saturated rings. The summed E-state index contributed by atoms with van der Waals surface area (Å²) < 4.78 is 40.9. The lowest BCUT2D eigenvalue weighted by Gasteiger charge is -2.66. The van der Waals surface area contributed by atoms with Gasteiger partial charge in [0.25, 0.3) is 5.91 Å². The summed E-state index contributed by atoms with van der Waals surface area (Å²) in [6.07, 6.45) is 0.772. The van der Waals surface area contributed by atoms with E-state index < -0.39 is 12.0 Å². The quantitative estimate of drug-likeness (QED) is 0.598. The molecule has 4 aliphatic rings. The summed E-state index contributed by atoms with van der Waals surface area (Å²) in [7, 11) is 0. The molecule has 1 aliphatic heterocycles. The molecule has 0 spiro atoms. The van der Waals surface area contributed by atoms with Crippen molar-refractivity contribution >= 4 is 17.1 Å². The minimum Gasteiger partial charge on any atom is -0.406 e. The van der Waals surface area contributed by atoms with Crippen LogP contribution in [0.2, 0.25) is 0 Å². The summed E-state index contributed by atoms with van der Waals surface area (Å²) in [5, 5.41) is 10.1. The molecule has 3 saturated carbocycles. The second-order valence-corrected chi connectivity index (χ2v) is 9.86. The number of carbonyl (C=O) groups excluding carboxylic acids is 1. The Labute approximate surface area is 193 Å². The fourth-order valence-electron chi connectivity index (χ4n) is 5.87. The maximum absolute atomic E-state index is 12.9. The number of hydrogen-bond donors (Lipinski definition) is 2. The van der Waals surface area contributed by atoms with Crippen molar-refractivity contribution in [3.05, 3.63) is 53.5 Å². The summed E-state index contributed by atoms with van der Waals surface area (Å²) in [4.78, 5) is 27.3. The Morgan fingerprint density at radius 3 is 2.41 bits per heavy atom. The Hall–Kier alpha value is -3.14. The van der Waals surface area contributed by atoms with Crippen LogP contribution in [0, 0.1) is 0 Å². The van der Waals surface area contributed by atoms with Crippen molar-refractivity contribution in [1.29, 1.82) is 0 Å². The lowest BCUT2D eigenvalue weighted by atomic mass is 9.41. The van der Waals surface area contributed by atoms with Crippen molar-refractivity contribution in [2.45, 2.75) is 55.4 Å². The Morgan fingerprint density at radius 2 is 1.79 bits per heavy atom. The Morgan fingerprint density at radius 1 is 1.12 bits per heavy atom. The summed E-state index contributed by atoms with van der Waals surface area (Å²) >= 11 is 0. The van der Waals surface area contributed by atoms with Gasteiger partial charge in [-0.25, -0.2) is 9.97 Å². The van der Waals surface area contributed by atoms with Gasteiger partial charge in [-0.2, -0.15) is 0 Å². The number of piperidine rings is 1. The Bertz CT molecular complexity index is 1240. The van der Waals surface area contributed by atoms with Crippen LogP contribution in [0.5, 0.6) is 5.75 Å². The number of nitrogens with zero attached hydrogens (tertiary/aromatic N) is 3. The number of aromatic amines is 1. The van der Waals surface area contributed by atoms with Gasteiger partial charge >= 0.3 is 6.36 Å². The van der Waals surface area contributed by atoms with E-state index in [2.05, 4.69) is 14.7 Å². The number of imidazole rings is 1. The van der Waals surface area contributed by atoms with Gasteiger partial charge in [-0.1, -0.05) is 0 Å². The number of halogens is 3. The van der Waals surface area contributed by atoms with Gasteiger partial charge in [-0.15, -0.1) is 13.2 Å². The van der Waals surface area contributed by atoms with Gasteiger partial charge in [0.1, 0.15) is 17.1 Å². The highest BCUT2D eigenvalue weighted by molar-refractivity contribution is 5.94. The molecule has 0 unspecified atom stereocenters. The van der Waals surface area contributed by atoms with Gasteiger partial charge in [-0.05, 0) is 73.9 Å². The predicted octanol–water partition coefficient (Wildman–Crippen LogP) is 4.04. The summed E-state index contributed by atoms with van der Waals surface area (Å²) in [6, 6.07) is 7.01. The fraction of sp³-hybridized carbons (Fsp3) is 0.458. The first-order chi connectivity index (χ1) is 16.1. The zero-order valence-corrected chi connectivity index (χ0v) is 18.2. The second-order valence-electron chi connectivity index (χ2n) is 9.86. The number of nitrogens with one attached hydrogen (secondary N) is 1. The van der Waals surface area contributed by atoms with Crippen LogP contribution in [0.25, 0.3) is 11.2 Å². The van der Waals surface area contributed by atoms with Crippen molar-refractivity contribution in [1.82, 2.24) is 19.9 Å². The van der Waals surface area contributed by atoms with E-state index in [1.165, 1.54) is 12.1 Å². The van der Waals surface area contributed by atoms with E-state index in [4.69, 9.17) is 4.98 Å². The molecule has 0 atom stereocenters. The molecule has 3 aromatic rings. The first kappa shape index (κ1) is 21.4. The summed E-state index contributed by atoms with van der Waals surface area (Å²) in [5.74, 6) is 0.575. The number of aliphatic hydroxyl groups is 1. The minimum atomic E-state index is -4.76. The molecule has 1 saturated heterocycles. The van der Waals surface area contributed by atoms with Crippen LogP contribution >= 0.6 is 0 Å². The topological polar surface area (TPSA) is 91.3 Å². The number of pyridine rings is 1. The smallest absolute Gasteiger partial charge is 0.406 e. The maximum atomic E-state index is 12.9. The van der Waals surface area contributed by atoms with Crippen LogP contribution in [0.3, 0.4) is 0 Å². The molecule has 1 aromatic carbocycles. The second kappa shape index (κ2) is 7.18. The zero-order chi connectivity index (χ0) is 23.7. The van der Waals surface area contributed by atoms with Gasteiger partial charge in [0.2, 0.25) is 0 Å². The number of fused-ring (bicyclic) bond motifs is 1. The van der Waals surface area contributed by atoms with E-state index in [-0.39, 0.29) is 23.0 Å². The first-order valence-corrected chi connectivity index (χ1v) is 11.4. The van der Waals surface area contributed by atoms with Crippen LogP contribution in [0.15, 0.2) is 36.5 Å². The minimum absolute atomic E-state index is 0.0385. The Balaban J connectivity index is 1.13. The van der Waals surface area contributed by atoms with Crippen LogP contribution < -0.4 is 4.74 Å². The van der Waals surface area contributed by atoms with E-state index in [9.17, 15) is 23.1 Å². The van der Waals surface area contributed by atoms with Gasteiger partial charge in [0, 0.05) is 30.3 Å². The molecule has 7 nitrogen and oxygen atoms in total. The van der Waals surface area contributed by atoms with Crippen molar-refractivity contribution in [2.24, 2.45) is 0 Å². The number of likely N-dealkylation sites (tertiary alicyclic amines) is 1. The van der Waals surface area contributed by atoms with Crippen LogP contribution in [-0.4, -0.2) is 55.9 Å². The SMILES string of the molecule is O=C(c1ccc(OC(F)(F)F)cc1)N1CCC(c2ccnc3[nH]c(C45CC(O)(C4)C5)nc23)CC1. The Kier molecular flexibility index (Phi) is 4.52. The van der Waals surface area contributed by atoms with Crippen molar-refractivity contribution in [3.8, 4) is 5.75 Å². The van der Waals surface area contributed by atoms with Crippen LogP contribution in [-0.2, 0) is 5.41 Å². The molecule has 2 aromatic heterocycles. The van der Waals surface area contributed by atoms with E-state index in [1.807, 2.05) is 6.07 Å². The molecule has 7 rings (SSSR count). The van der Waals surface area contributed by atoms with Crippen molar-refractivity contribution in [3.63, 3.8) is 0 Å². The normalized spacial score (nSPS) is 26.8. The molecule has 3 aliphatic carbocycles. The maximum Gasteiger partial charge on any atom is 0.573 e. The van der Waals surface area contributed by atoms with Gasteiger partial charge < -0.3 is 19.7 Å². The molecule has 10 heteroatoms. The molecule has 2 bridgehead atoms. The number of alkyl halides is 3. The lowest BCUT2D eigenvalue weighted by molar-refractivity contribution is -0.274. The van der Waals surface area contributed by atoms with Gasteiger partial charge in [0.15, 0.2) is 5.65 Å². The predicted molar refractivity (Wildman–Crippen MR) is 115 cm³/mol. The number of hydrogen-bond acceptors (Lipinski definition) is 5. The average Bonchev–Trinajstić information content (AvgIpc) is 3.19. The van der Waals surface area contributed by atoms with Gasteiger partial charge in [-0.3, -0.25) is 4.79 Å². The number of amides is 1. The van der Waals surface area contributed by atoms with E-state index >= 15 is 0 Å². The fourth-order valence-corrected chi connectivity index (χ4v) is 5.87. The number of ether oxygens (including phenoxy) is 1.